The van der Waals surface area contributed by atoms with Gasteiger partial charge in [0, 0.05) is 23.5 Å². The van der Waals surface area contributed by atoms with Crippen LogP contribution in [0.5, 0.6) is 23.0 Å². The molecule has 2 atom stereocenters. The SMILES string of the molecule is CCOC(=O)CNc1cc(OC)ccc1[C@@H]1CCc2cc(OC(=O)C(C)(C)C)ccc2C1.CCOC(=O)CNc1cc(OC)ccc1[C@H]1CCc2cc(OC(=O)C(C)(C)C)ccc2C1. The first-order chi connectivity index (χ1) is 30.4. The Kier molecular flexibility index (Phi) is 16.9. The van der Waals surface area contributed by atoms with Gasteiger partial charge in [-0.3, -0.25) is 19.2 Å². The molecule has 64 heavy (non-hydrogen) atoms. The number of anilines is 2. The molecule has 0 spiro atoms. The van der Waals surface area contributed by atoms with Gasteiger partial charge in [-0.1, -0.05) is 24.3 Å². The molecule has 0 fully saturated rings. The van der Waals surface area contributed by atoms with Crippen molar-refractivity contribution in [3.63, 3.8) is 0 Å². The summed E-state index contributed by atoms with van der Waals surface area (Å²) >= 11 is 0. The highest BCUT2D eigenvalue weighted by Crippen LogP contribution is 2.40. The molecule has 0 amide bonds. The molecule has 12 heteroatoms. The van der Waals surface area contributed by atoms with Crippen LogP contribution in [0, 0.1) is 10.8 Å². The maximum absolute atomic E-state index is 12.2. The summed E-state index contributed by atoms with van der Waals surface area (Å²) < 4.78 is 32.0. The van der Waals surface area contributed by atoms with E-state index in [9.17, 15) is 19.2 Å². The summed E-state index contributed by atoms with van der Waals surface area (Å²) in [6, 6.07) is 23.7. The summed E-state index contributed by atoms with van der Waals surface area (Å²) in [4.78, 5) is 48.1. The summed E-state index contributed by atoms with van der Waals surface area (Å²) in [5.74, 6) is 2.25. The number of fused-ring (bicyclic) bond motifs is 2. The van der Waals surface area contributed by atoms with Crippen molar-refractivity contribution in [1.82, 2.24) is 0 Å². The van der Waals surface area contributed by atoms with Crippen LogP contribution < -0.4 is 29.6 Å². The summed E-state index contributed by atoms with van der Waals surface area (Å²) in [5.41, 5.74) is 7.96. The van der Waals surface area contributed by atoms with Crippen LogP contribution in [0.1, 0.15) is 113 Å². The Labute approximate surface area is 378 Å². The third kappa shape index (κ3) is 13.5. The zero-order valence-corrected chi connectivity index (χ0v) is 39.2. The lowest BCUT2D eigenvalue weighted by Gasteiger charge is -2.27. The van der Waals surface area contributed by atoms with E-state index in [0.717, 1.165) is 72.5 Å². The first-order valence-electron chi connectivity index (χ1n) is 22.2. The van der Waals surface area contributed by atoms with E-state index >= 15 is 0 Å². The van der Waals surface area contributed by atoms with Crippen molar-refractivity contribution >= 4 is 35.3 Å². The number of esters is 4. The minimum absolute atomic E-state index is 0.111. The summed E-state index contributed by atoms with van der Waals surface area (Å²) in [7, 11) is 3.26. The second-order valence-electron chi connectivity index (χ2n) is 18.2. The van der Waals surface area contributed by atoms with E-state index in [2.05, 4.69) is 34.9 Å². The Balaban J connectivity index is 0.000000241. The fourth-order valence-electron chi connectivity index (χ4n) is 7.74. The number of aryl methyl sites for hydroxylation is 2. The van der Waals surface area contributed by atoms with Gasteiger partial charge in [0.15, 0.2) is 0 Å². The Morgan fingerprint density at radius 2 is 0.906 bits per heavy atom. The van der Waals surface area contributed by atoms with Crippen LogP contribution in [0.4, 0.5) is 11.4 Å². The van der Waals surface area contributed by atoms with Crippen molar-refractivity contribution in [3.8, 4) is 23.0 Å². The first-order valence-corrected chi connectivity index (χ1v) is 22.2. The lowest BCUT2D eigenvalue weighted by atomic mass is 9.79. The topological polar surface area (TPSA) is 148 Å². The van der Waals surface area contributed by atoms with Crippen LogP contribution in [-0.4, -0.2) is 64.4 Å². The number of hydrogen-bond acceptors (Lipinski definition) is 12. The van der Waals surface area contributed by atoms with Gasteiger partial charge in [-0.25, -0.2) is 0 Å². The van der Waals surface area contributed by atoms with Gasteiger partial charge in [0.05, 0.1) is 38.3 Å². The molecule has 0 aliphatic heterocycles. The van der Waals surface area contributed by atoms with E-state index < -0.39 is 10.8 Å². The predicted octanol–water partition coefficient (Wildman–Crippen LogP) is 9.79. The van der Waals surface area contributed by atoms with Crippen molar-refractivity contribution in [1.29, 1.82) is 0 Å². The van der Waals surface area contributed by atoms with Crippen molar-refractivity contribution < 1.29 is 47.6 Å². The quantitative estimate of drug-likeness (QED) is 0.0918. The van der Waals surface area contributed by atoms with Crippen LogP contribution in [0.25, 0.3) is 0 Å². The van der Waals surface area contributed by atoms with Gasteiger partial charge in [0.25, 0.3) is 0 Å². The van der Waals surface area contributed by atoms with Crippen LogP contribution in [0.15, 0.2) is 72.8 Å². The van der Waals surface area contributed by atoms with Crippen LogP contribution >= 0.6 is 0 Å². The number of rotatable bonds is 14. The number of benzene rings is 4. The van der Waals surface area contributed by atoms with Crippen LogP contribution in [0.2, 0.25) is 0 Å². The number of nitrogens with one attached hydrogen (secondary N) is 2. The fourth-order valence-corrected chi connectivity index (χ4v) is 7.74. The van der Waals surface area contributed by atoms with Crippen LogP contribution in [0.3, 0.4) is 0 Å². The van der Waals surface area contributed by atoms with E-state index in [1.165, 1.54) is 22.3 Å². The number of carbonyl (C=O) groups excluding carboxylic acids is 4. The third-order valence-electron chi connectivity index (χ3n) is 11.3. The van der Waals surface area contributed by atoms with Crippen molar-refractivity contribution in [2.75, 3.05) is 51.2 Å². The summed E-state index contributed by atoms with van der Waals surface area (Å²) in [6.45, 7) is 15.6. The molecule has 2 aliphatic carbocycles. The van der Waals surface area contributed by atoms with Gasteiger partial charge >= 0.3 is 23.9 Å². The van der Waals surface area contributed by atoms with Crippen molar-refractivity contribution in [2.24, 2.45) is 10.8 Å². The van der Waals surface area contributed by atoms with Gasteiger partial charge < -0.3 is 39.1 Å². The van der Waals surface area contributed by atoms with Gasteiger partial charge in [-0.2, -0.15) is 0 Å². The molecule has 0 bridgehead atoms. The fraction of sp³-hybridized carbons (Fsp3) is 0.462. The molecule has 4 aromatic carbocycles. The average molecular weight is 879 g/mol. The molecular weight excluding hydrogens is 813 g/mol. The molecule has 0 aromatic heterocycles. The lowest BCUT2D eigenvalue weighted by molar-refractivity contribution is -0.143. The summed E-state index contributed by atoms with van der Waals surface area (Å²) in [6.07, 6.45) is 5.47. The van der Waals surface area contributed by atoms with E-state index in [1.807, 2.05) is 90.1 Å². The second-order valence-corrected chi connectivity index (χ2v) is 18.2. The van der Waals surface area contributed by atoms with Crippen molar-refractivity contribution in [2.45, 2.75) is 106 Å². The molecule has 2 aliphatic rings. The minimum Gasteiger partial charge on any atom is -0.497 e. The highest BCUT2D eigenvalue weighted by atomic mass is 16.5. The van der Waals surface area contributed by atoms with Crippen molar-refractivity contribution in [3.05, 3.63) is 106 Å². The Bertz CT molecular complexity index is 2110. The molecule has 0 saturated heterocycles. The maximum Gasteiger partial charge on any atom is 0.325 e. The molecule has 0 unspecified atom stereocenters. The zero-order chi connectivity index (χ0) is 46.6. The Morgan fingerprint density at radius 1 is 0.531 bits per heavy atom. The normalized spacial score (nSPS) is 15.5. The largest absolute Gasteiger partial charge is 0.497 e. The number of methoxy groups -OCH3 is 2. The molecule has 344 valence electrons. The molecule has 4 aromatic rings. The molecular formula is C52H66N2O10. The standard InChI is InChI=1S/2C26H33NO5/c2*1-6-31-24(28)16-27-23-15-20(30-5)11-12-22(23)19-8-7-18-14-21(10-9-17(18)13-19)32-25(29)26(2,3)4/h2*9-12,14-15,19,27H,6-8,13,16H2,1-5H3/t2*19-/m10/s1. The summed E-state index contributed by atoms with van der Waals surface area (Å²) in [5, 5.41) is 6.45. The number of hydrogen-bond donors (Lipinski definition) is 2. The predicted molar refractivity (Wildman–Crippen MR) is 249 cm³/mol. The molecule has 12 nitrogen and oxygen atoms in total. The van der Waals surface area contributed by atoms with E-state index in [0.29, 0.717) is 36.5 Å². The Morgan fingerprint density at radius 3 is 1.25 bits per heavy atom. The molecule has 0 heterocycles. The van der Waals surface area contributed by atoms with E-state index in [-0.39, 0.29) is 37.0 Å². The lowest BCUT2D eigenvalue weighted by Crippen LogP contribution is -2.25. The number of ether oxygens (including phenoxy) is 6. The highest BCUT2D eigenvalue weighted by Gasteiger charge is 2.28. The van der Waals surface area contributed by atoms with E-state index in [4.69, 9.17) is 28.4 Å². The first kappa shape index (κ1) is 49.0. The highest BCUT2D eigenvalue weighted by molar-refractivity contribution is 5.79. The van der Waals surface area contributed by atoms with Gasteiger partial charge in [0.1, 0.15) is 36.1 Å². The van der Waals surface area contributed by atoms with E-state index in [1.54, 1.807) is 28.1 Å². The van der Waals surface area contributed by atoms with Gasteiger partial charge in [-0.05, 0) is 176 Å². The van der Waals surface area contributed by atoms with Gasteiger partial charge in [0.2, 0.25) is 0 Å². The maximum atomic E-state index is 12.2. The average Bonchev–Trinajstić information content (AvgIpc) is 3.26. The Hall–Kier alpha value is -6.04. The van der Waals surface area contributed by atoms with Crippen LogP contribution in [-0.2, 0) is 54.3 Å². The minimum atomic E-state index is -0.539. The smallest absolute Gasteiger partial charge is 0.325 e. The molecule has 0 radical (unpaired) electrons. The zero-order valence-electron chi connectivity index (χ0n) is 39.2. The molecule has 0 saturated carbocycles. The number of carbonyl (C=O) groups is 4. The molecule has 2 N–H and O–H groups in total. The molecule has 6 rings (SSSR count). The van der Waals surface area contributed by atoms with Gasteiger partial charge in [-0.15, -0.1) is 0 Å². The monoisotopic (exact) mass is 878 g/mol. The third-order valence-corrected chi connectivity index (χ3v) is 11.3. The second kappa shape index (κ2) is 22.0.